The van der Waals surface area contributed by atoms with E-state index in [-0.39, 0.29) is 0 Å². The lowest BCUT2D eigenvalue weighted by Crippen LogP contribution is -2.54. The molecule has 0 spiro atoms. The van der Waals surface area contributed by atoms with Crippen LogP contribution in [-0.4, -0.2) is 49.8 Å². The van der Waals surface area contributed by atoms with Crippen LogP contribution in [0.2, 0.25) is 0 Å². The van der Waals surface area contributed by atoms with Gasteiger partial charge in [0.2, 0.25) is 0 Å². The van der Waals surface area contributed by atoms with Gasteiger partial charge in [0, 0.05) is 38.3 Å². The molecule has 1 aliphatic rings. The van der Waals surface area contributed by atoms with Crippen molar-refractivity contribution in [3.05, 3.63) is 0 Å². The zero-order valence-corrected chi connectivity index (χ0v) is 10.6. The number of hydrogen-bond donors (Lipinski definition) is 1. The van der Waals surface area contributed by atoms with Crippen LogP contribution in [0.25, 0.3) is 0 Å². The summed E-state index contributed by atoms with van der Waals surface area (Å²) in [5, 5.41) is 3.54. The first-order valence-electron chi connectivity index (χ1n) is 6.14. The first-order chi connectivity index (χ1) is 7.08. The van der Waals surface area contributed by atoms with Crippen molar-refractivity contribution in [1.82, 2.24) is 10.2 Å². The molecule has 0 saturated carbocycles. The molecule has 3 heteroatoms. The van der Waals surface area contributed by atoms with E-state index in [0.29, 0.717) is 18.0 Å². The van der Waals surface area contributed by atoms with Gasteiger partial charge in [-0.05, 0) is 19.8 Å². The number of ether oxygens (including phenoxy) is 1. The molecule has 0 aliphatic carbocycles. The highest BCUT2D eigenvalue weighted by Gasteiger charge is 2.20. The van der Waals surface area contributed by atoms with E-state index in [1.165, 1.54) is 0 Å². The summed E-state index contributed by atoms with van der Waals surface area (Å²) in [5.41, 5.74) is 0. The van der Waals surface area contributed by atoms with E-state index in [4.69, 9.17) is 4.74 Å². The SMILES string of the molecule is CC(C)COCCN1CC(C)NC(C)C1. The molecule has 2 unspecified atom stereocenters. The third kappa shape index (κ3) is 5.50. The molecular weight excluding hydrogens is 188 g/mol. The molecule has 0 amide bonds. The van der Waals surface area contributed by atoms with Crippen LogP contribution in [0.1, 0.15) is 27.7 Å². The molecule has 1 heterocycles. The quantitative estimate of drug-likeness (QED) is 0.699. The fraction of sp³-hybridized carbons (Fsp3) is 1.00. The minimum atomic E-state index is 0.610. The Morgan fingerprint density at radius 3 is 2.40 bits per heavy atom. The lowest BCUT2D eigenvalue weighted by atomic mass is 10.1. The molecule has 1 aliphatic heterocycles. The minimum absolute atomic E-state index is 0.610. The summed E-state index contributed by atoms with van der Waals surface area (Å²) in [7, 11) is 0. The van der Waals surface area contributed by atoms with Crippen molar-refractivity contribution in [1.29, 1.82) is 0 Å². The van der Waals surface area contributed by atoms with Crippen molar-refractivity contribution in [3.8, 4) is 0 Å². The molecule has 90 valence electrons. The Labute approximate surface area is 94.2 Å². The normalized spacial score (nSPS) is 28.6. The molecule has 0 aromatic heterocycles. The molecule has 1 rings (SSSR count). The predicted molar refractivity (Wildman–Crippen MR) is 64.2 cm³/mol. The van der Waals surface area contributed by atoms with Crippen molar-refractivity contribution < 1.29 is 4.74 Å². The molecule has 0 aromatic carbocycles. The third-order valence-corrected chi connectivity index (χ3v) is 2.64. The predicted octanol–water partition coefficient (Wildman–Crippen LogP) is 1.34. The molecule has 0 bridgehead atoms. The van der Waals surface area contributed by atoms with E-state index in [2.05, 4.69) is 37.9 Å². The zero-order chi connectivity index (χ0) is 11.3. The second kappa shape index (κ2) is 6.46. The lowest BCUT2D eigenvalue weighted by molar-refractivity contribution is 0.0713. The van der Waals surface area contributed by atoms with E-state index in [1.54, 1.807) is 0 Å². The highest BCUT2D eigenvalue weighted by Crippen LogP contribution is 2.03. The highest BCUT2D eigenvalue weighted by molar-refractivity contribution is 4.80. The molecular formula is C12H26N2O. The van der Waals surface area contributed by atoms with E-state index < -0.39 is 0 Å². The van der Waals surface area contributed by atoms with Crippen LogP contribution < -0.4 is 5.32 Å². The summed E-state index contributed by atoms with van der Waals surface area (Å²) in [6, 6.07) is 1.22. The maximum atomic E-state index is 5.61. The summed E-state index contributed by atoms with van der Waals surface area (Å²) in [4.78, 5) is 2.49. The van der Waals surface area contributed by atoms with Crippen molar-refractivity contribution in [2.75, 3.05) is 32.8 Å². The molecule has 15 heavy (non-hydrogen) atoms. The van der Waals surface area contributed by atoms with Crippen LogP contribution in [0.5, 0.6) is 0 Å². The maximum Gasteiger partial charge on any atom is 0.0593 e. The number of nitrogens with zero attached hydrogens (tertiary/aromatic N) is 1. The molecule has 1 fully saturated rings. The largest absolute Gasteiger partial charge is 0.380 e. The fourth-order valence-corrected chi connectivity index (χ4v) is 2.14. The van der Waals surface area contributed by atoms with Crippen molar-refractivity contribution in [2.45, 2.75) is 39.8 Å². The zero-order valence-electron chi connectivity index (χ0n) is 10.6. The van der Waals surface area contributed by atoms with E-state index in [1.807, 2.05) is 0 Å². The van der Waals surface area contributed by atoms with Gasteiger partial charge in [0.15, 0.2) is 0 Å². The van der Waals surface area contributed by atoms with Gasteiger partial charge in [-0.15, -0.1) is 0 Å². The van der Waals surface area contributed by atoms with Crippen molar-refractivity contribution >= 4 is 0 Å². The molecule has 1 N–H and O–H groups in total. The van der Waals surface area contributed by atoms with Gasteiger partial charge in [0.1, 0.15) is 0 Å². The summed E-state index contributed by atoms with van der Waals surface area (Å²) in [5.74, 6) is 0.644. The Kier molecular flexibility index (Phi) is 5.58. The Hall–Kier alpha value is -0.120. The Bertz CT molecular complexity index is 163. The number of nitrogens with one attached hydrogen (secondary N) is 1. The van der Waals surface area contributed by atoms with Gasteiger partial charge in [-0.1, -0.05) is 13.8 Å². The summed E-state index contributed by atoms with van der Waals surface area (Å²) in [6.07, 6.45) is 0. The van der Waals surface area contributed by atoms with Crippen molar-refractivity contribution in [2.24, 2.45) is 5.92 Å². The summed E-state index contributed by atoms with van der Waals surface area (Å²) in [6.45, 7) is 14.0. The summed E-state index contributed by atoms with van der Waals surface area (Å²) >= 11 is 0. The molecule has 2 atom stereocenters. The average molecular weight is 214 g/mol. The number of hydrogen-bond acceptors (Lipinski definition) is 3. The Morgan fingerprint density at radius 2 is 1.87 bits per heavy atom. The van der Waals surface area contributed by atoms with Crippen LogP contribution >= 0.6 is 0 Å². The van der Waals surface area contributed by atoms with E-state index in [0.717, 1.165) is 32.8 Å². The van der Waals surface area contributed by atoms with Crippen LogP contribution in [-0.2, 0) is 4.74 Å². The van der Waals surface area contributed by atoms with Gasteiger partial charge < -0.3 is 10.1 Å². The maximum absolute atomic E-state index is 5.61. The number of piperazine rings is 1. The van der Waals surface area contributed by atoms with Crippen LogP contribution in [0.15, 0.2) is 0 Å². The van der Waals surface area contributed by atoms with Crippen molar-refractivity contribution in [3.63, 3.8) is 0 Å². The van der Waals surface area contributed by atoms with E-state index in [9.17, 15) is 0 Å². The van der Waals surface area contributed by atoms with Gasteiger partial charge in [0.25, 0.3) is 0 Å². The Balaban J connectivity index is 2.10. The van der Waals surface area contributed by atoms with Gasteiger partial charge >= 0.3 is 0 Å². The molecule has 1 saturated heterocycles. The van der Waals surface area contributed by atoms with E-state index >= 15 is 0 Å². The minimum Gasteiger partial charge on any atom is -0.380 e. The topological polar surface area (TPSA) is 24.5 Å². The fourth-order valence-electron chi connectivity index (χ4n) is 2.14. The Morgan fingerprint density at radius 1 is 1.27 bits per heavy atom. The first-order valence-corrected chi connectivity index (χ1v) is 6.14. The van der Waals surface area contributed by atoms with Gasteiger partial charge in [0.05, 0.1) is 6.61 Å². The molecule has 0 radical (unpaired) electrons. The molecule has 0 aromatic rings. The molecule has 3 nitrogen and oxygen atoms in total. The average Bonchev–Trinajstić information content (AvgIpc) is 2.10. The standard InChI is InChI=1S/C12H26N2O/c1-10(2)9-15-6-5-14-7-11(3)13-12(4)8-14/h10-13H,5-9H2,1-4H3. The second-order valence-electron chi connectivity index (χ2n) is 5.20. The highest BCUT2D eigenvalue weighted by atomic mass is 16.5. The van der Waals surface area contributed by atoms with Gasteiger partial charge in [-0.25, -0.2) is 0 Å². The smallest absolute Gasteiger partial charge is 0.0593 e. The van der Waals surface area contributed by atoms with Crippen LogP contribution in [0, 0.1) is 5.92 Å². The van der Waals surface area contributed by atoms with Gasteiger partial charge in [-0.3, -0.25) is 4.90 Å². The number of rotatable bonds is 5. The second-order valence-corrected chi connectivity index (χ2v) is 5.20. The first kappa shape index (κ1) is 12.9. The third-order valence-electron chi connectivity index (χ3n) is 2.64. The van der Waals surface area contributed by atoms with Gasteiger partial charge in [-0.2, -0.15) is 0 Å². The van der Waals surface area contributed by atoms with Crippen LogP contribution in [0.4, 0.5) is 0 Å². The van der Waals surface area contributed by atoms with Crippen LogP contribution in [0.3, 0.4) is 0 Å². The summed E-state index contributed by atoms with van der Waals surface area (Å²) < 4.78 is 5.61. The monoisotopic (exact) mass is 214 g/mol. The lowest BCUT2D eigenvalue weighted by Gasteiger charge is -2.36.